The summed E-state index contributed by atoms with van der Waals surface area (Å²) in [6.07, 6.45) is 1.94. The van der Waals surface area contributed by atoms with Crippen LogP contribution in [0.4, 0.5) is 0 Å². The molecule has 0 bridgehead atoms. The highest BCUT2D eigenvalue weighted by atomic mass is 32.2. The fourth-order valence-electron chi connectivity index (χ4n) is 1.03. The van der Waals surface area contributed by atoms with Crippen LogP contribution in [0.3, 0.4) is 0 Å². The molecule has 0 aromatic carbocycles. The molecule has 14 heavy (non-hydrogen) atoms. The van der Waals surface area contributed by atoms with Crippen LogP contribution in [-0.2, 0) is 23.0 Å². The second-order valence-electron chi connectivity index (χ2n) is 2.98. The molecule has 1 aromatic rings. The fraction of sp³-hybridized carbons (Fsp3) is 0.625. The SMILES string of the molecule is CCc1csc(CCCS(=O)(=O)O)n1. The van der Waals surface area contributed by atoms with Gasteiger partial charge in [0.25, 0.3) is 10.1 Å². The Morgan fingerprint density at radius 3 is 2.79 bits per heavy atom. The molecule has 80 valence electrons. The standard InChI is InChI=1S/C8H13NO3S2/c1-2-7-6-13-8(9-7)4-3-5-14(10,11)12/h6H,2-5H2,1H3,(H,10,11,12). The topological polar surface area (TPSA) is 67.3 Å². The van der Waals surface area contributed by atoms with Crippen molar-refractivity contribution in [2.75, 3.05) is 5.75 Å². The molecule has 0 saturated heterocycles. The summed E-state index contributed by atoms with van der Waals surface area (Å²) in [4.78, 5) is 4.29. The van der Waals surface area contributed by atoms with Crippen LogP contribution in [0.2, 0.25) is 0 Å². The van der Waals surface area contributed by atoms with E-state index < -0.39 is 10.1 Å². The van der Waals surface area contributed by atoms with E-state index in [4.69, 9.17) is 4.55 Å². The number of rotatable bonds is 5. The van der Waals surface area contributed by atoms with Crippen molar-refractivity contribution < 1.29 is 13.0 Å². The minimum Gasteiger partial charge on any atom is -0.286 e. The smallest absolute Gasteiger partial charge is 0.264 e. The van der Waals surface area contributed by atoms with E-state index in [9.17, 15) is 8.42 Å². The van der Waals surface area contributed by atoms with Gasteiger partial charge in [-0.15, -0.1) is 11.3 Å². The summed E-state index contributed by atoms with van der Waals surface area (Å²) < 4.78 is 29.3. The first-order valence-electron chi connectivity index (χ1n) is 4.39. The van der Waals surface area contributed by atoms with Crippen molar-refractivity contribution in [3.63, 3.8) is 0 Å². The molecule has 4 nitrogen and oxygen atoms in total. The number of thiazole rings is 1. The molecule has 0 aliphatic heterocycles. The van der Waals surface area contributed by atoms with Crippen LogP contribution >= 0.6 is 11.3 Å². The molecule has 1 rings (SSSR count). The van der Waals surface area contributed by atoms with Gasteiger partial charge in [0.05, 0.1) is 16.5 Å². The van der Waals surface area contributed by atoms with E-state index in [1.807, 2.05) is 12.3 Å². The number of nitrogens with zero attached hydrogens (tertiary/aromatic N) is 1. The average Bonchev–Trinajstić information content (AvgIpc) is 2.50. The molecule has 1 aromatic heterocycles. The maximum atomic E-state index is 10.4. The first-order valence-corrected chi connectivity index (χ1v) is 6.88. The Kier molecular flexibility index (Phi) is 4.03. The predicted molar refractivity (Wildman–Crippen MR) is 56.2 cm³/mol. The van der Waals surface area contributed by atoms with E-state index >= 15 is 0 Å². The lowest BCUT2D eigenvalue weighted by Gasteiger charge is -1.94. The molecule has 0 radical (unpaired) electrons. The molecule has 6 heteroatoms. The third-order valence-electron chi connectivity index (χ3n) is 1.75. The highest BCUT2D eigenvalue weighted by molar-refractivity contribution is 7.85. The Hall–Kier alpha value is -0.460. The van der Waals surface area contributed by atoms with Crippen LogP contribution in [0.25, 0.3) is 0 Å². The predicted octanol–water partition coefficient (Wildman–Crippen LogP) is 1.53. The Morgan fingerprint density at radius 1 is 1.57 bits per heavy atom. The minimum atomic E-state index is -3.82. The summed E-state index contributed by atoms with van der Waals surface area (Å²) in [5.41, 5.74) is 1.04. The summed E-state index contributed by atoms with van der Waals surface area (Å²) >= 11 is 1.54. The number of hydrogen-bond acceptors (Lipinski definition) is 4. The summed E-state index contributed by atoms with van der Waals surface area (Å²) in [5, 5.41) is 2.91. The third kappa shape index (κ3) is 4.17. The summed E-state index contributed by atoms with van der Waals surface area (Å²) in [5.74, 6) is -0.186. The highest BCUT2D eigenvalue weighted by Gasteiger charge is 2.06. The van der Waals surface area contributed by atoms with Crippen LogP contribution < -0.4 is 0 Å². The van der Waals surface area contributed by atoms with Crippen LogP contribution in [0.5, 0.6) is 0 Å². The number of aryl methyl sites for hydroxylation is 2. The van der Waals surface area contributed by atoms with Crippen LogP contribution in [0, 0.1) is 0 Å². The molecule has 0 aliphatic carbocycles. The zero-order valence-corrected chi connectivity index (χ0v) is 9.57. The van der Waals surface area contributed by atoms with Gasteiger partial charge in [-0.25, -0.2) is 4.98 Å². The molecule has 1 N–H and O–H groups in total. The van der Waals surface area contributed by atoms with E-state index in [1.165, 1.54) is 11.3 Å². The van der Waals surface area contributed by atoms with Gasteiger partial charge in [0.1, 0.15) is 0 Å². The Labute approximate surface area is 87.7 Å². The second kappa shape index (κ2) is 4.86. The first-order chi connectivity index (χ1) is 6.51. The van der Waals surface area contributed by atoms with E-state index in [0.29, 0.717) is 12.8 Å². The number of aromatic nitrogens is 1. The minimum absolute atomic E-state index is 0.186. The van der Waals surface area contributed by atoms with Crippen molar-refractivity contribution >= 4 is 21.5 Å². The first kappa shape index (κ1) is 11.6. The Morgan fingerprint density at radius 2 is 2.29 bits per heavy atom. The summed E-state index contributed by atoms with van der Waals surface area (Å²) in [6, 6.07) is 0. The fourth-order valence-corrected chi connectivity index (χ4v) is 2.46. The molecule has 0 aliphatic rings. The van der Waals surface area contributed by atoms with E-state index in [0.717, 1.165) is 17.1 Å². The van der Waals surface area contributed by atoms with Crippen LogP contribution in [0.15, 0.2) is 5.38 Å². The van der Waals surface area contributed by atoms with Gasteiger partial charge in [-0.1, -0.05) is 6.92 Å². The normalized spacial score (nSPS) is 11.9. The zero-order valence-electron chi connectivity index (χ0n) is 7.93. The maximum absolute atomic E-state index is 10.4. The number of hydrogen-bond donors (Lipinski definition) is 1. The molecule has 0 saturated carbocycles. The van der Waals surface area contributed by atoms with Gasteiger partial charge in [0.2, 0.25) is 0 Å². The molecule has 0 atom stereocenters. The van der Waals surface area contributed by atoms with Crippen LogP contribution in [-0.4, -0.2) is 23.7 Å². The quantitative estimate of drug-likeness (QED) is 0.786. The van der Waals surface area contributed by atoms with Gasteiger partial charge in [0.15, 0.2) is 0 Å². The van der Waals surface area contributed by atoms with Gasteiger partial charge in [-0.05, 0) is 12.8 Å². The van der Waals surface area contributed by atoms with Crippen molar-refractivity contribution in [1.29, 1.82) is 0 Å². The van der Waals surface area contributed by atoms with Crippen molar-refractivity contribution in [2.24, 2.45) is 0 Å². The molecular formula is C8H13NO3S2. The molecule has 0 spiro atoms. The molecular weight excluding hydrogens is 222 g/mol. The largest absolute Gasteiger partial charge is 0.286 e. The summed E-state index contributed by atoms with van der Waals surface area (Å²) in [6.45, 7) is 2.02. The van der Waals surface area contributed by atoms with Crippen molar-refractivity contribution in [3.05, 3.63) is 16.1 Å². The van der Waals surface area contributed by atoms with Gasteiger partial charge < -0.3 is 0 Å². The zero-order chi connectivity index (χ0) is 10.6. The van der Waals surface area contributed by atoms with E-state index in [1.54, 1.807) is 0 Å². The van der Waals surface area contributed by atoms with Gasteiger partial charge in [0, 0.05) is 11.8 Å². The van der Waals surface area contributed by atoms with Crippen molar-refractivity contribution in [3.8, 4) is 0 Å². The summed E-state index contributed by atoms with van der Waals surface area (Å²) in [7, 11) is -3.82. The Balaban J connectivity index is 2.39. The Bertz CT molecular complexity index is 383. The lowest BCUT2D eigenvalue weighted by molar-refractivity contribution is 0.481. The third-order valence-corrected chi connectivity index (χ3v) is 3.52. The molecule has 0 fully saturated rings. The lowest BCUT2D eigenvalue weighted by Crippen LogP contribution is -2.04. The van der Waals surface area contributed by atoms with E-state index in [-0.39, 0.29) is 5.75 Å². The van der Waals surface area contributed by atoms with Gasteiger partial charge >= 0.3 is 0 Å². The van der Waals surface area contributed by atoms with Crippen molar-refractivity contribution in [1.82, 2.24) is 4.98 Å². The maximum Gasteiger partial charge on any atom is 0.264 e. The van der Waals surface area contributed by atoms with Crippen LogP contribution in [0.1, 0.15) is 24.0 Å². The molecule has 0 unspecified atom stereocenters. The highest BCUT2D eigenvalue weighted by Crippen LogP contribution is 2.12. The lowest BCUT2D eigenvalue weighted by atomic mass is 10.3. The molecule has 0 amide bonds. The average molecular weight is 235 g/mol. The second-order valence-corrected chi connectivity index (χ2v) is 5.49. The van der Waals surface area contributed by atoms with E-state index in [2.05, 4.69) is 4.98 Å². The van der Waals surface area contributed by atoms with Gasteiger partial charge in [-0.2, -0.15) is 8.42 Å². The monoisotopic (exact) mass is 235 g/mol. The van der Waals surface area contributed by atoms with Crippen molar-refractivity contribution in [2.45, 2.75) is 26.2 Å². The molecule has 1 heterocycles. The van der Waals surface area contributed by atoms with Gasteiger partial charge in [-0.3, -0.25) is 4.55 Å².